The average molecular weight is 338 g/mol. The number of hydrogen-bond donors (Lipinski definition) is 2. The molecule has 116 valence electrons. The van der Waals surface area contributed by atoms with Gasteiger partial charge in [0.1, 0.15) is 16.8 Å². The predicted octanol–water partition coefficient (Wildman–Crippen LogP) is 2.02. The van der Waals surface area contributed by atoms with Crippen molar-refractivity contribution in [2.75, 3.05) is 11.5 Å². The SMILES string of the molecule is O=C(Cc1csc(-c2ccoc2)n1)NC1(C(=O)O)CCSC1. The smallest absolute Gasteiger partial charge is 0.330 e. The van der Waals surface area contributed by atoms with E-state index < -0.39 is 11.5 Å². The second kappa shape index (κ2) is 6.13. The average Bonchev–Trinajstić information content (AvgIpc) is 3.19. The van der Waals surface area contributed by atoms with Gasteiger partial charge in [0.2, 0.25) is 5.91 Å². The molecule has 1 saturated heterocycles. The summed E-state index contributed by atoms with van der Waals surface area (Å²) in [7, 11) is 0. The van der Waals surface area contributed by atoms with Crippen LogP contribution in [-0.2, 0) is 16.0 Å². The zero-order valence-electron chi connectivity index (χ0n) is 11.6. The van der Waals surface area contributed by atoms with E-state index in [9.17, 15) is 14.7 Å². The fourth-order valence-corrected chi connectivity index (χ4v) is 4.40. The first-order valence-corrected chi connectivity index (χ1v) is 8.72. The van der Waals surface area contributed by atoms with Crippen molar-refractivity contribution in [2.45, 2.75) is 18.4 Å². The molecule has 2 aromatic heterocycles. The molecule has 1 unspecified atom stereocenters. The van der Waals surface area contributed by atoms with Crippen LogP contribution in [0.3, 0.4) is 0 Å². The number of carboxylic acids is 1. The van der Waals surface area contributed by atoms with E-state index in [1.165, 1.54) is 11.3 Å². The lowest BCUT2D eigenvalue weighted by Gasteiger charge is -2.24. The molecule has 1 fully saturated rings. The monoisotopic (exact) mass is 338 g/mol. The second-order valence-electron chi connectivity index (χ2n) is 5.07. The van der Waals surface area contributed by atoms with Gasteiger partial charge in [-0.1, -0.05) is 0 Å². The van der Waals surface area contributed by atoms with Crippen molar-refractivity contribution < 1.29 is 19.1 Å². The van der Waals surface area contributed by atoms with E-state index in [0.29, 0.717) is 17.9 Å². The molecule has 2 aromatic rings. The molecule has 1 amide bonds. The number of thioether (sulfide) groups is 1. The number of nitrogens with one attached hydrogen (secondary N) is 1. The second-order valence-corrected chi connectivity index (χ2v) is 7.03. The van der Waals surface area contributed by atoms with E-state index in [2.05, 4.69) is 10.3 Å². The Labute approximate surface area is 134 Å². The first-order chi connectivity index (χ1) is 10.6. The van der Waals surface area contributed by atoms with Gasteiger partial charge < -0.3 is 14.8 Å². The van der Waals surface area contributed by atoms with Crippen LogP contribution in [0.5, 0.6) is 0 Å². The first-order valence-electron chi connectivity index (χ1n) is 6.68. The summed E-state index contributed by atoms with van der Waals surface area (Å²) in [6.45, 7) is 0. The van der Waals surface area contributed by atoms with Gasteiger partial charge in [-0.15, -0.1) is 11.3 Å². The molecule has 3 heterocycles. The van der Waals surface area contributed by atoms with Crippen LogP contribution in [0.2, 0.25) is 0 Å². The Morgan fingerprint density at radius 2 is 2.36 bits per heavy atom. The number of aromatic nitrogens is 1. The number of rotatable bonds is 5. The number of amides is 1. The maximum atomic E-state index is 12.1. The molecule has 22 heavy (non-hydrogen) atoms. The molecular weight excluding hydrogens is 324 g/mol. The zero-order chi connectivity index (χ0) is 15.6. The Morgan fingerprint density at radius 3 is 3.00 bits per heavy atom. The number of nitrogens with zero attached hydrogens (tertiary/aromatic N) is 1. The summed E-state index contributed by atoms with van der Waals surface area (Å²) in [5, 5.41) is 14.6. The van der Waals surface area contributed by atoms with Crippen LogP contribution in [0.4, 0.5) is 0 Å². The van der Waals surface area contributed by atoms with Crippen molar-refractivity contribution in [1.29, 1.82) is 0 Å². The maximum Gasteiger partial charge on any atom is 0.330 e. The molecule has 3 rings (SSSR count). The molecule has 0 spiro atoms. The van der Waals surface area contributed by atoms with Gasteiger partial charge in [0.15, 0.2) is 0 Å². The molecular formula is C14H14N2O4S2. The van der Waals surface area contributed by atoms with Crippen LogP contribution >= 0.6 is 23.1 Å². The Bertz CT molecular complexity index is 675. The first kappa shape index (κ1) is 15.1. The van der Waals surface area contributed by atoms with Crippen molar-refractivity contribution in [2.24, 2.45) is 0 Å². The van der Waals surface area contributed by atoms with Gasteiger partial charge in [-0.05, 0) is 18.2 Å². The summed E-state index contributed by atoms with van der Waals surface area (Å²) in [4.78, 5) is 27.9. The number of carbonyl (C=O) groups excluding carboxylic acids is 1. The number of carboxylic acid groups (broad SMARTS) is 1. The van der Waals surface area contributed by atoms with Gasteiger partial charge in [0.05, 0.1) is 18.4 Å². The van der Waals surface area contributed by atoms with E-state index >= 15 is 0 Å². The molecule has 2 N–H and O–H groups in total. The number of furan rings is 1. The standard InChI is InChI=1S/C14H14N2O4S2/c17-11(16-14(13(18)19)2-4-21-8-14)5-10-7-22-12(15-10)9-1-3-20-6-9/h1,3,6-7H,2,4-5,8H2,(H,16,17)(H,18,19). The highest BCUT2D eigenvalue weighted by atomic mass is 32.2. The lowest BCUT2D eigenvalue weighted by atomic mass is 9.99. The molecule has 1 atom stereocenters. The van der Waals surface area contributed by atoms with Gasteiger partial charge in [-0.25, -0.2) is 9.78 Å². The van der Waals surface area contributed by atoms with E-state index in [0.717, 1.165) is 16.3 Å². The van der Waals surface area contributed by atoms with Crippen molar-refractivity contribution in [3.63, 3.8) is 0 Å². The Hall–Kier alpha value is -1.80. The lowest BCUT2D eigenvalue weighted by molar-refractivity contribution is -0.146. The number of thiazole rings is 1. The minimum absolute atomic E-state index is 0.0774. The molecule has 0 aromatic carbocycles. The van der Waals surface area contributed by atoms with Crippen LogP contribution in [0.1, 0.15) is 12.1 Å². The van der Waals surface area contributed by atoms with Crippen LogP contribution < -0.4 is 5.32 Å². The molecule has 1 aliphatic rings. The normalized spacial score (nSPS) is 20.9. The van der Waals surface area contributed by atoms with E-state index in [1.54, 1.807) is 35.7 Å². The van der Waals surface area contributed by atoms with Crippen LogP contribution in [0.25, 0.3) is 10.6 Å². The largest absolute Gasteiger partial charge is 0.479 e. The highest BCUT2D eigenvalue weighted by molar-refractivity contribution is 7.99. The third kappa shape index (κ3) is 3.02. The fourth-order valence-electron chi connectivity index (χ4n) is 2.27. The van der Waals surface area contributed by atoms with Gasteiger partial charge in [0, 0.05) is 16.7 Å². The van der Waals surface area contributed by atoms with E-state index in [-0.39, 0.29) is 12.3 Å². The van der Waals surface area contributed by atoms with Crippen LogP contribution in [0.15, 0.2) is 28.4 Å². The molecule has 8 heteroatoms. The summed E-state index contributed by atoms with van der Waals surface area (Å²) in [6.07, 6.45) is 3.69. The summed E-state index contributed by atoms with van der Waals surface area (Å²) in [5.74, 6) is -0.128. The van der Waals surface area contributed by atoms with Crippen molar-refractivity contribution >= 4 is 35.0 Å². The summed E-state index contributed by atoms with van der Waals surface area (Å²) >= 11 is 2.97. The number of aliphatic carboxylic acids is 1. The highest BCUT2D eigenvalue weighted by Crippen LogP contribution is 2.29. The topological polar surface area (TPSA) is 92.4 Å². The molecule has 6 nitrogen and oxygen atoms in total. The van der Waals surface area contributed by atoms with Crippen LogP contribution in [-0.4, -0.2) is 39.0 Å². The lowest BCUT2D eigenvalue weighted by Crippen LogP contribution is -2.55. The van der Waals surface area contributed by atoms with Crippen molar-refractivity contribution in [1.82, 2.24) is 10.3 Å². The van der Waals surface area contributed by atoms with E-state index in [4.69, 9.17) is 4.42 Å². The minimum Gasteiger partial charge on any atom is -0.479 e. The predicted molar refractivity (Wildman–Crippen MR) is 84.0 cm³/mol. The molecule has 0 saturated carbocycles. The van der Waals surface area contributed by atoms with Gasteiger partial charge in [-0.2, -0.15) is 11.8 Å². The van der Waals surface area contributed by atoms with Gasteiger partial charge in [-0.3, -0.25) is 4.79 Å². The summed E-state index contributed by atoms with van der Waals surface area (Å²) in [5.41, 5.74) is 0.362. The Balaban J connectivity index is 1.66. The quantitative estimate of drug-likeness (QED) is 0.866. The van der Waals surface area contributed by atoms with E-state index in [1.807, 2.05) is 0 Å². The molecule has 0 aliphatic carbocycles. The highest BCUT2D eigenvalue weighted by Gasteiger charge is 2.43. The summed E-state index contributed by atoms with van der Waals surface area (Å²) in [6, 6.07) is 1.80. The Kier molecular flexibility index (Phi) is 4.21. The minimum atomic E-state index is -1.13. The fraction of sp³-hybridized carbons (Fsp3) is 0.357. The zero-order valence-corrected chi connectivity index (χ0v) is 13.2. The maximum absolute atomic E-state index is 12.1. The number of carbonyl (C=O) groups is 2. The van der Waals surface area contributed by atoms with Gasteiger partial charge >= 0.3 is 5.97 Å². The third-order valence-corrected chi connectivity index (χ3v) is 5.60. The molecule has 1 aliphatic heterocycles. The number of hydrogen-bond acceptors (Lipinski definition) is 6. The molecule has 0 radical (unpaired) electrons. The third-order valence-electron chi connectivity index (χ3n) is 3.47. The van der Waals surface area contributed by atoms with Crippen molar-refractivity contribution in [3.05, 3.63) is 29.7 Å². The molecule has 0 bridgehead atoms. The van der Waals surface area contributed by atoms with Crippen LogP contribution in [0, 0.1) is 0 Å². The van der Waals surface area contributed by atoms with Gasteiger partial charge in [0.25, 0.3) is 0 Å². The summed E-state index contributed by atoms with van der Waals surface area (Å²) < 4.78 is 5.01. The van der Waals surface area contributed by atoms with Crippen molar-refractivity contribution in [3.8, 4) is 10.6 Å². The Morgan fingerprint density at radius 1 is 1.50 bits per heavy atom.